The number of hydrogen-bond donors (Lipinski definition) is 2. The van der Waals surface area contributed by atoms with Crippen molar-refractivity contribution in [3.63, 3.8) is 0 Å². The number of aliphatic carboxylic acids is 1. The molecule has 0 fully saturated rings. The molecular weight excluding hydrogens is 465 g/mol. The summed E-state index contributed by atoms with van der Waals surface area (Å²) in [6.07, 6.45) is 6.07. The molecule has 9 heteroatoms. The van der Waals surface area contributed by atoms with Crippen molar-refractivity contribution in [1.29, 1.82) is 0 Å². The zero-order chi connectivity index (χ0) is 25.8. The van der Waals surface area contributed by atoms with E-state index in [1.54, 1.807) is 18.2 Å². The zero-order valence-electron chi connectivity index (χ0n) is 20.0. The fraction of sp³-hybridized carbons (Fsp3) is 0.185. The van der Waals surface area contributed by atoms with Crippen molar-refractivity contribution in [1.82, 2.24) is 9.97 Å². The summed E-state index contributed by atoms with van der Waals surface area (Å²) in [6, 6.07) is 7.92. The number of carbonyl (C=O) groups excluding carboxylic acids is 1. The first-order valence-electron chi connectivity index (χ1n) is 11.1. The van der Waals surface area contributed by atoms with Gasteiger partial charge in [-0.1, -0.05) is 6.07 Å². The third kappa shape index (κ3) is 5.10. The minimum atomic E-state index is -1.01. The van der Waals surface area contributed by atoms with Crippen LogP contribution in [0.4, 0.5) is 10.2 Å². The number of aromatic nitrogens is 2. The summed E-state index contributed by atoms with van der Waals surface area (Å²) in [5, 5.41) is 12.0. The van der Waals surface area contributed by atoms with Crippen LogP contribution in [0.25, 0.3) is 17.2 Å². The van der Waals surface area contributed by atoms with E-state index in [9.17, 15) is 19.1 Å². The molecule has 0 saturated heterocycles. The topological polar surface area (TPSA) is 111 Å². The van der Waals surface area contributed by atoms with Crippen LogP contribution in [-0.4, -0.2) is 41.2 Å². The van der Waals surface area contributed by atoms with E-state index >= 15 is 0 Å². The largest absolute Gasteiger partial charge is 0.496 e. The summed E-state index contributed by atoms with van der Waals surface area (Å²) in [4.78, 5) is 32.1. The second-order valence-electron chi connectivity index (χ2n) is 8.14. The number of nitrogens with one attached hydrogen (secondary N) is 1. The van der Waals surface area contributed by atoms with Crippen LogP contribution in [0.15, 0.2) is 54.5 Å². The molecule has 2 N–H and O–H groups in total. The van der Waals surface area contributed by atoms with Gasteiger partial charge in [0.25, 0.3) is 0 Å². The molecule has 4 rings (SSSR count). The Labute approximate surface area is 207 Å². The number of ether oxygens (including phenoxy) is 2. The van der Waals surface area contributed by atoms with Crippen LogP contribution in [-0.2, 0) is 16.0 Å². The molecule has 1 aliphatic rings. The molecule has 36 heavy (non-hydrogen) atoms. The van der Waals surface area contributed by atoms with Gasteiger partial charge in [0.05, 0.1) is 33.3 Å². The molecule has 0 aliphatic heterocycles. The van der Waals surface area contributed by atoms with Crippen molar-refractivity contribution in [2.45, 2.75) is 19.8 Å². The predicted octanol–water partition coefficient (Wildman–Crippen LogP) is 4.62. The number of benzene rings is 2. The van der Waals surface area contributed by atoms with Crippen LogP contribution in [0.3, 0.4) is 0 Å². The molecule has 0 radical (unpaired) electrons. The van der Waals surface area contributed by atoms with E-state index in [1.807, 2.05) is 13.0 Å². The molecule has 1 aliphatic carbocycles. The van der Waals surface area contributed by atoms with Gasteiger partial charge < -0.3 is 19.9 Å². The lowest BCUT2D eigenvalue weighted by Crippen LogP contribution is -2.13. The molecule has 1 amide bonds. The number of amides is 1. The highest BCUT2D eigenvalue weighted by atomic mass is 19.1. The van der Waals surface area contributed by atoms with Gasteiger partial charge in [-0.15, -0.1) is 0 Å². The number of nitrogens with zero attached hydrogens (tertiary/aromatic N) is 2. The minimum Gasteiger partial charge on any atom is -0.496 e. The van der Waals surface area contributed by atoms with Gasteiger partial charge in [-0.2, -0.15) is 0 Å². The number of rotatable bonds is 8. The second kappa shape index (κ2) is 10.4. The summed E-state index contributed by atoms with van der Waals surface area (Å²) in [6.45, 7) is 1.88. The fourth-order valence-corrected chi connectivity index (χ4v) is 4.27. The van der Waals surface area contributed by atoms with Gasteiger partial charge >= 0.3 is 5.97 Å². The lowest BCUT2D eigenvalue weighted by molar-refractivity contribution is -0.136. The molecular formula is C27H24FN3O5. The Hall–Kier alpha value is -4.53. The van der Waals surface area contributed by atoms with Gasteiger partial charge in [0.2, 0.25) is 5.91 Å². The number of anilines is 1. The van der Waals surface area contributed by atoms with E-state index in [-0.39, 0.29) is 18.7 Å². The van der Waals surface area contributed by atoms with Crippen LogP contribution in [0.2, 0.25) is 0 Å². The maximum atomic E-state index is 14.2. The minimum absolute atomic E-state index is 0.0143. The number of carbonyl (C=O) groups is 2. The van der Waals surface area contributed by atoms with Crippen LogP contribution in [0.5, 0.6) is 11.5 Å². The lowest BCUT2D eigenvalue weighted by Gasteiger charge is -2.14. The van der Waals surface area contributed by atoms with Gasteiger partial charge in [0, 0.05) is 18.0 Å². The van der Waals surface area contributed by atoms with Crippen molar-refractivity contribution < 1.29 is 28.6 Å². The van der Waals surface area contributed by atoms with Crippen LogP contribution >= 0.6 is 0 Å². The van der Waals surface area contributed by atoms with Crippen LogP contribution < -0.4 is 14.8 Å². The number of carboxylic acids is 1. The lowest BCUT2D eigenvalue weighted by atomic mass is 9.99. The van der Waals surface area contributed by atoms with E-state index < -0.39 is 11.8 Å². The van der Waals surface area contributed by atoms with Crippen molar-refractivity contribution in [3.05, 3.63) is 82.6 Å². The molecule has 0 saturated carbocycles. The van der Waals surface area contributed by atoms with E-state index in [4.69, 9.17) is 9.47 Å². The van der Waals surface area contributed by atoms with Gasteiger partial charge in [-0.3, -0.25) is 14.6 Å². The standard InChI is InChI=1S/C27H24FN3O5/c1-15-19(8-16-9-23(35-2)22(13-27(33)34)24(10-16)36-3)18-5-4-17(28)11-21(18)20(15)12-26(32)31-25-14-29-6-7-30-25/h4-11,14H,12-13H2,1-3H3,(H,33,34)(H,30,31,32)/b19-8-. The third-order valence-electron chi connectivity index (χ3n) is 5.89. The maximum Gasteiger partial charge on any atom is 0.308 e. The van der Waals surface area contributed by atoms with Crippen molar-refractivity contribution >= 4 is 34.9 Å². The number of carboxylic acid groups (broad SMARTS) is 1. The molecule has 2 aromatic carbocycles. The molecule has 0 atom stereocenters. The Morgan fingerprint density at radius 2 is 1.78 bits per heavy atom. The van der Waals surface area contributed by atoms with Gasteiger partial charge in [-0.05, 0) is 70.7 Å². The smallest absolute Gasteiger partial charge is 0.308 e. The Morgan fingerprint density at radius 3 is 2.39 bits per heavy atom. The Morgan fingerprint density at radius 1 is 1.06 bits per heavy atom. The highest BCUT2D eigenvalue weighted by molar-refractivity contribution is 6.09. The summed E-state index contributed by atoms with van der Waals surface area (Å²) in [5.74, 6) is -0.627. The summed E-state index contributed by atoms with van der Waals surface area (Å²) >= 11 is 0. The highest BCUT2D eigenvalue weighted by Crippen LogP contribution is 2.44. The molecule has 8 nitrogen and oxygen atoms in total. The van der Waals surface area contributed by atoms with Crippen molar-refractivity contribution in [2.24, 2.45) is 0 Å². The molecule has 0 spiro atoms. The first-order valence-corrected chi connectivity index (χ1v) is 11.1. The Kier molecular flexibility index (Phi) is 7.10. The number of methoxy groups -OCH3 is 2. The number of hydrogen-bond acceptors (Lipinski definition) is 6. The molecule has 1 aromatic heterocycles. The quantitative estimate of drug-likeness (QED) is 0.475. The second-order valence-corrected chi connectivity index (χ2v) is 8.14. The normalized spacial score (nSPS) is 13.5. The van der Waals surface area contributed by atoms with Crippen molar-refractivity contribution in [3.8, 4) is 11.5 Å². The first-order chi connectivity index (χ1) is 17.3. The Bertz CT molecular complexity index is 1370. The zero-order valence-corrected chi connectivity index (χ0v) is 20.0. The molecule has 184 valence electrons. The molecule has 0 unspecified atom stereocenters. The third-order valence-corrected chi connectivity index (χ3v) is 5.89. The summed E-state index contributed by atoms with van der Waals surface area (Å²) in [5.41, 5.74) is 4.86. The average Bonchev–Trinajstić information content (AvgIpc) is 3.10. The Balaban J connectivity index is 1.75. The number of fused-ring (bicyclic) bond motifs is 1. The molecule has 1 heterocycles. The van der Waals surface area contributed by atoms with Crippen LogP contribution in [0, 0.1) is 5.82 Å². The maximum absolute atomic E-state index is 14.2. The van der Waals surface area contributed by atoms with Gasteiger partial charge in [0.15, 0.2) is 5.82 Å². The predicted molar refractivity (Wildman–Crippen MR) is 133 cm³/mol. The first kappa shape index (κ1) is 24.6. The van der Waals surface area contributed by atoms with E-state index in [0.29, 0.717) is 39.6 Å². The van der Waals surface area contributed by atoms with Gasteiger partial charge in [-0.25, -0.2) is 9.37 Å². The number of halogens is 1. The number of allylic oxidation sites excluding steroid dienone is 2. The monoisotopic (exact) mass is 489 g/mol. The average molecular weight is 490 g/mol. The van der Waals surface area contributed by atoms with Crippen LogP contribution in [0.1, 0.15) is 35.6 Å². The van der Waals surface area contributed by atoms with Gasteiger partial charge in [0.1, 0.15) is 17.3 Å². The SMILES string of the molecule is COc1cc(/C=C2/C(C)=C(CC(=O)Nc3cnccn3)c3cc(F)ccc32)cc(OC)c1CC(=O)O. The highest BCUT2D eigenvalue weighted by Gasteiger charge is 2.26. The molecule has 3 aromatic rings. The van der Waals surface area contributed by atoms with E-state index in [0.717, 1.165) is 16.7 Å². The van der Waals surface area contributed by atoms with E-state index in [1.165, 1.54) is 44.9 Å². The fourth-order valence-electron chi connectivity index (χ4n) is 4.27. The summed E-state index contributed by atoms with van der Waals surface area (Å²) < 4.78 is 25.1. The summed E-state index contributed by atoms with van der Waals surface area (Å²) in [7, 11) is 2.92. The molecule has 0 bridgehead atoms. The van der Waals surface area contributed by atoms with E-state index in [2.05, 4.69) is 15.3 Å². The van der Waals surface area contributed by atoms with Crippen molar-refractivity contribution in [2.75, 3.05) is 19.5 Å².